The molecule has 22 heavy (non-hydrogen) atoms. The van der Waals surface area contributed by atoms with Gasteiger partial charge in [-0.2, -0.15) is 0 Å². The van der Waals surface area contributed by atoms with E-state index in [1.807, 2.05) is 0 Å². The molecule has 1 aromatic heterocycles. The summed E-state index contributed by atoms with van der Waals surface area (Å²) >= 11 is 0. The first-order valence-corrected chi connectivity index (χ1v) is 8.13. The topological polar surface area (TPSA) is 12.9 Å². The number of aromatic nitrogens is 1. The molecular weight excluding hydrogens is 266 g/mol. The van der Waals surface area contributed by atoms with Crippen molar-refractivity contribution in [1.82, 2.24) is 4.98 Å². The lowest BCUT2D eigenvalue weighted by atomic mass is 9.81. The minimum atomic E-state index is 0.205. The van der Waals surface area contributed by atoms with Crippen molar-refractivity contribution in [3.8, 4) is 0 Å². The van der Waals surface area contributed by atoms with Gasteiger partial charge in [-0.15, -0.1) is 0 Å². The normalized spacial score (nSPS) is 18.8. The zero-order valence-electron chi connectivity index (χ0n) is 14.1. The Hall–Kier alpha value is -1.89. The lowest BCUT2D eigenvalue weighted by Crippen LogP contribution is -2.18. The maximum atomic E-state index is 4.90. The van der Waals surface area contributed by atoms with E-state index in [1.165, 1.54) is 44.8 Å². The van der Waals surface area contributed by atoms with Crippen molar-refractivity contribution >= 4 is 21.7 Å². The molecule has 1 nitrogen and oxygen atoms in total. The van der Waals surface area contributed by atoms with Crippen LogP contribution in [-0.2, 0) is 10.8 Å². The minimum Gasteiger partial charge on any atom is -0.255 e. The van der Waals surface area contributed by atoms with Crippen molar-refractivity contribution in [1.29, 1.82) is 0 Å². The molecule has 4 rings (SSSR count). The van der Waals surface area contributed by atoms with Crippen molar-refractivity contribution in [2.75, 3.05) is 0 Å². The molecule has 0 saturated carbocycles. The van der Waals surface area contributed by atoms with Crippen molar-refractivity contribution < 1.29 is 0 Å². The van der Waals surface area contributed by atoms with Crippen LogP contribution in [0.1, 0.15) is 50.8 Å². The molecular formula is C21H23N. The molecule has 2 aromatic carbocycles. The van der Waals surface area contributed by atoms with E-state index >= 15 is 0 Å². The number of fused-ring (bicyclic) bond motifs is 5. The molecule has 0 aliphatic heterocycles. The van der Waals surface area contributed by atoms with Gasteiger partial charge in [-0.1, -0.05) is 58.0 Å². The van der Waals surface area contributed by atoms with Crippen LogP contribution in [0.15, 0.2) is 36.5 Å². The molecule has 0 atom stereocenters. The molecule has 1 aliphatic rings. The Morgan fingerprint density at radius 3 is 2.50 bits per heavy atom. The highest BCUT2D eigenvalue weighted by atomic mass is 14.7. The van der Waals surface area contributed by atoms with Crippen LogP contribution in [0.5, 0.6) is 0 Å². The van der Waals surface area contributed by atoms with Crippen LogP contribution >= 0.6 is 0 Å². The summed E-state index contributed by atoms with van der Waals surface area (Å²) in [4.78, 5) is 4.90. The molecule has 0 radical (unpaired) electrons. The molecule has 1 heteroatoms. The summed E-state index contributed by atoms with van der Waals surface area (Å²) in [5.41, 5.74) is 5.83. The van der Waals surface area contributed by atoms with Crippen LogP contribution < -0.4 is 0 Å². The average molecular weight is 289 g/mol. The second-order valence-corrected chi connectivity index (χ2v) is 8.13. The van der Waals surface area contributed by atoms with Crippen LogP contribution in [0.25, 0.3) is 21.7 Å². The number of hydrogen-bond donors (Lipinski definition) is 0. The predicted octanol–water partition coefficient (Wildman–Crippen LogP) is 5.66. The Balaban J connectivity index is 2.21. The summed E-state index contributed by atoms with van der Waals surface area (Å²) in [6.45, 7) is 11.6. The van der Waals surface area contributed by atoms with Gasteiger partial charge in [0, 0.05) is 17.0 Å². The summed E-state index contributed by atoms with van der Waals surface area (Å²) in [5, 5.41) is 3.94. The van der Waals surface area contributed by atoms with Crippen LogP contribution in [0.3, 0.4) is 0 Å². The molecule has 0 unspecified atom stereocenters. The Labute approximate surface area is 132 Å². The smallest absolute Gasteiger partial charge is 0.0786 e. The number of pyridine rings is 1. The van der Waals surface area contributed by atoms with Gasteiger partial charge in [0.25, 0.3) is 0 Å². The van der Waals surface area contributed by atoms with E-state index < -0.39 is 0 Å². The fourth-order valence-electron chi connectivity index (χ4n) is 4.74. The van der Waals surface area contributed by atoms with Gasteiger partial charge in [-0.25, -0.2) is 0 Å². The summed E-state index contributed by atoms with van der Waals surface area (Å²) in [7, 11) is 0. The number of aryl methyl sites for hydroxylation is 1. The van der Waals surface area contributed by atoms with Gasteiger partial charge in [-0.3, -0.25) is 4.98 Å². The van der Waals surface area contributed by atoms with Gasteiger partial charge in [0.05, 0.1) is 5.52 Å². The van der Waals surface area contributed by atoms with E-state index in [4.69, 9.17) is 4.98 Å². The first kappa shape index (κ1) is 13.8. The second-order valence-electron chi connectivity index (χ2n) is 8.13. The fourth-order valence-corrected chi connectivity index (χ4v) is 4.74. The summed E-state index contributed by atoms with van der Waals surface area (Å²) in [5.74, 6) is 0. The monoisotopic (exact) mass is 289 g/mol. The van der Waals surface area contributed by atoms with E-state index in [0.29, 0.717) is 0 Å². The molecule has 0 bridgehead atoms. The van der Waals surface area contributed by atoms with Gasteiger partial charge in [0.15, 0.2) is 0 Å². The highest BCUT2D eigenvalue weighted by Crippen LogP contribution is 2.51. The van der Waals surface area contributed by atoms with Gasteiger partial charge < -0.3 is 0 Å². The van der Waals surface area contributed by atoms with Crippen LogP contribution in [-0.4, -0.2) is 4.98 Å². The van der Waals surface area contributed by atoms with Crippen molar-refractivity contribution in [2.45, 2.75) is 51.9 Å². The SMILES string of the molecule is Cc1cccc2ccc3c4c(cnc3c12)C(C)(C)CC4(C)C. The quantitative estimate of drug-likeness (QED) is 0.487. The first-order valence-electron chi connectivity index (χ1n) is 8.13. The largest absolute Gasteiger partial charge is 0.255 e. The van der Waals surface area contributed by atoms with Gasteiger partial charge in [0.1, 0.15) is 0 Å². The highest BCUT2D eigenvalue weighted by molar-refractivity contribution is 6.08. The molecule has 0 N–H and O–H groups in total. The van der Waals surface area contributed by atoms with Gasteiger partial charge >= 0.3 is 0 Å². The highest BCUT2D eigenvalue weighted by Gasteiger charge is 2.43. The first-order chi connectivity index (χ1) is 10.3. The molecule has 0 amide bonds. The maximum absolute atomic E-state index is 4.90. The zero-order valence-corrected chi connectivity index (χ0v) is 14.1. The number of hydrogen-bond acceptors (Lipinski definition) is 1. The third-order valence-electron chi connectivity index (χ3n) is 5.38. The number of rotatable bonds is 0. The fraction of sp³-hybridized carbons (Fsp3) is 0.381. The molecule has 0 fully saturated rings. The van der Waals surface area contributed by atoms with E-state index in [1.54, 1.807) is 0 Å². The third kappa shape index (κ3) is 1.68. The molecule has 1 aliphatic carbocycles. The van der Waals surface area contributed by atoms with E-state index in [-0.39, 0.29) is 10.8 Å². The lowest BCUT2D eigenvalue weighted by molar-refractivity contribution is 0.404. The van der Waals surface area contributed by atoms with Gasteiger partial charge in [-0.05, 0) is 46.3 Å². The van der Waals surface area contributed by atoms with Gasteiger partial charge in [0.2, 0.25) is 0 Å². The lowest BCUT2D eigenvalue weighted by Gasteiger charge is -2.23. The molecule has 0 spiro atoms. The molecule has 0 saturated heterocycles. The number of benzene rings is 2. The summed E-state index contributed by atoms with van der Waals surface area (Å²) < 4.78 is 0. The van der Waals surface area contributed by atoms with E-state index in [9.17, 15) is 0 Å². The van der Waals surface area contributed by atoms with Crippen molar-refractivity contribution in [3.05, 3.63) is 53.2 Å². The summed E-state index contributed by atoms with van der Waals surface area (Å²) in [6, 6.07) is 11.0. The maximum Gasteiger partial charge on any atom is 0.0786 e. The van der Waals surface area contributed by atoms with E-state index in [2.05, 4.69) is 71.1 Å². The molecule has 3 aromatic rings. The molecule has 1 heterocycles. The average Bonchev–Trinajstić information content (AvgIpc) is 2.63. The Morgan fingerprint density at radius 1 is 0.955 bits per heavy atom. The Bertz CT molecular complexity index is 916. The minimum absolute atomic E-state index is 0.205. The van der Waals surface area contributed by atoms with Crippen molar-refractivity contribution in [2.24, 2.45) is 0 Å². The number of nitrogens with zero attached hydrogens (tertiary/aromatic N) is 1. The van der Waals surface area contributed by atoms with E-state index in [0.717, 1.165) is 0 Å². The third-order valence-corrected chi connectivity index (χ3v) is 5.38. The predicted molar refractivity (Wildman–Crippen MR) is 94.7 cm³/mol. The van der Waals surface area contributed by atoms with Crippen LogP contribution in [0.2, 0.25) is 0 Å². The standard InChI is InChI=1S/C21H23N/c1-13-7-6-8-14-9-10-15-18-16(11-22-19(15)17(13)14)20(2,3)12-21(18,4)5/h6-11H,12H2,1-5H3. The zero-order chi connectivity index (χ0) is 15.7. The summed E-state index contributed by atoms with van der Waals surface area (Å²) in [6.07, 6.45) is 3.32. The van der Waals surface area contributed by atoms with Crippen LogP contribution in [0.4, 0.5) is 0 Å². The Kier molecular flexibility index (Phi) is 2.56. The second kappa shape index (κ2) is 4.10. The van der Waals surface area contributed by atoms with Crippen molar-refractivity contribution in [3.63, 3.8) is 0 Å². The van der Waals surface area contributed by atoms with Crippen LogP contribution in [0, 0.1) is 6.92 Å². The molecule has 112 valence electrons. The Morgan fingerprint density at radius 2 is 1.73 bits per heavy atom.